The van der Waals surface area contributed by atoms with Crippen LogP contribution in [0.2, 0.25) is 5.02 Å². The quantitative estimate of drug-likeness (QED) is 0.283. The molecule has 0 saturated heterocycles. The van der Waals surface area contributed by atoms with Crippen LogP contribution in [0.4, 0.5) is 0 Å². The SMILES string of the molecule is COc1cccc(OC)c1-n1c(CS(=O)(=O)[C@H](C)[C@H](OC)c2ncc(Cl)cn2)nnc1-c1cncc(C)c1. The molecule has 11 nitrogen and oxygen atoms in total. The number of pyridine rings is 1. The van der Waals surface area contributed by atoms with Gasteiger partial charge in [0.05, 0.1) is 24.5 Å². The van der Waals surface area contributed by atoms with Gasteiger partial charge >= 0.3 is 0 Å². The van der Waals surface area contributed by atoms with Gasteiger partial charge in [-0.25, -0.2) is 18.4 Å². The van der Waals surface area contributed by atoms with Crippen molar-refractivity contribution >= 4 is 21.4 Å². The summed E-state index contributed by atoms with van der Waals surface area (Å²) in [4.78, 5) is 12.6. The number of methoxy groups -OCH3 is 3. The number of para-hydroxylation sites is 1. The van der Waals surface area contributed by atoms with Gasteiger partial charge < -0.3 is 14.2 Å². The summed E-state index contributed by atoms with van der Waals surface area (Å²) in [6.07, 6.45) is 5.19. The number of nitrogens with zero attached hydrogens (tertiary/aromatic N) is 6. The Morgan fingerprint density at radius 3 is 2.24 bits per heavy atom. The van der Waals surface area contributed by atoms with Crippen LogP contribution in [0, 0.1) is 6.92 Å². The van der Waals surface area contributed by atoms with Crippen molar-refractivity contribution in [3.8, 4) is 28.6 Å². The molecule has 0 aliphatic heterocycles. The van der Waals surface area contributed by atoms with E-state index in [1.165, 1.54) is 40.6 Å². The molecule has 4 rings (SSSR count). The first-order valence-electron chi connectivity index (χ1n) is 11.5. The summed E-state index contributed by atoms with van der Waals surface area (Å²) in [5.74, 6) is 1.17. The highest BCUT2D eigenvalue weighted by molar-refractivity contribution is 7.91. The minimum absolute atomic E-state index is 0.156. The van der Waals surface area contributed by atoms with Gasteiger partial charge in [-0.3, -0.25) is 9.55 Å². The van der Waals surface area contributed by atoms with Crippen LogP contribution < -0.4 is 9.47 Å². The van der Waals surface area contributed by atoms with Gasteiger partial charge in [0.1, 0.15) is 29.0 Å². The van der Waals surface area contributed by atoms with Crippen LogP contribution in [0.5, 0.6) is 11.5 Å². The fraction of sp³-hybridized carbons (Fsp3) is 0.320. The molecule has 13 heteroatoms. The van der Waals surface area contributed by atoms with E-state index in [-0.39, 0.29) is 11.6 Å². The highest BCUT2D eigenvalue weighted by atomic mass is 35.5. The average molecular weight is 559 g/mol. The second-order valence-electron chi connectivity index (χ2n) is 8.47. The van der Waals surface area contributed by atoms with Crippen LogP contribution in [0.3, 0.4) is 0 Å². The lowest BCUT2D eigenvalue weighted by Gasteiger charge is -2.22. The lowest BCUT2D eigenvalue weighted by Crippen LogP contribution is -2.30. The van der Waals surface area contributed by atoms with Gasteiger partial charge in [0.15, 0.2) is 27.3 Å². The van der Waals surface area contributed by atoms with Gasteiger partial charge in [-0.05, 0) is 37.6 Å². The Hall–Kier alpha value is -3.61. The minimum Gasteiger partial charge on any atom is -0.494 e. The molecule has 200 valence electrons. The molecule has 0 fully saturated rings. The lowest BCUT2D eigenvalue weighted by molar-refractivity contribution is 0.0948. The van der Waals surface area contributed by atoms with E-state index < -0.39 is 26.9 Å². The molecule has 0 spiro atoms. The third kappa shape index (κ3) is 5.47. The van der Waals surface area contributed by atoms with Crippen molar-refractivity contribution in [2.75, 3.05) is 21.3 Å². The number of benzene rings is 1. The van der Waals surface area contributed by atoms with Crippen LogP contribution in [0.15, 0.2) is 49.1 Å². The third-order valence-electron chi connectivity index (χ3n) is 5.96. The molecule has 2 atom stereocenters. The fourth-order valence-electron chi connectivity index (χ4n) is 4.04. The number of aryl methyl sites for hydroxylation is 1. The van der Waals surface area contributed by atoms with Crippen molar-refractivity contribution in [3.63, 3.8) is 0 Å². The van der Waals surface area contributed by atoms with Gasteiger partial charge in [0.2, 0.25) is 0 Å². The standard InChI is InChI=1S/C25H27ClN6O5S/c1-15-9-17(11-27-10-15)25-31-30-21(32(25)22-19(35-3)7-6-8-20(22)36-4)14-38(33,34)16(2)23(37-5)24-28-12-18(26)13-29-24/h6-13,16,23H,14H2,1-5H3/t16-,23+/m1/s1. The summed E-state index contributed by atoms with van der Waals surface area (Å²) in [5.41, 5.74) is 2.01. The van der Waals surface area contributed by atoms with Crippen molar-refractivity contribution in [2.24, 2.45) is 0 Å². The van der Waals surface area contributed by atoms with E-state index in [2.05, 4.69) is 25.1 Å². The van der Waals surface area contributed by atoms with E-state index in [9.17, 15) is 8.42 Å². The van der Waals surface area contributed by atoms with E-state index in [1.54, 1.807) is 35.2 Å². The molecular formula is C25H27ClN6O5S. The zero-order valence-electron chi connectivity index (χ0n) is 21.5. The first-order chi connectivity index (χ1) is 18.2. The van der Waals surface area contributed by atoms with Crippen molar-refractivity contribution in [1.29, 1.82) is 0 Å². The molecular weight excluding hydrogens is 532 g/mol. The number of rotatable bonds is 10. The summed E-state index contributed by atoms with van der Waals surface area (Å²) < 4.78 is 45.8. The Bertz CT molecular complexity index is 1510. The number of halogens is 1. The largest absolute Gasteiger partial charge is 0.494 e. The first-order valence-corrected chi connectivity index (χ1v) is 13.6. The Morgan fingerprint density at radius 1 is 1.00 bits per heavy atom. The highest BCUT2D eigenvalue weighted by Gasteiger charge is 2.35. The fourth-order valence-corrected chi connectivity index (χ4v) is 5.55. The zero-order valence-corrected chi connectivity index (χ0v) is 23.1. The maximum atomic E-state index is 13.7. The van der Waals surface area contributed by atoms with Crippen LogP contribution in [-0.2, 0) is 20.3 Å². The molecule has 0 unspecified atom stereocenters. The van der Waals surface area contributed by atoms with E-state index in [1.807, 2.05) is 13.0 Å². The molecule has 3 aromatic heterocycles. The van der Waals surface area contributed by atoms with Crippen LogP contribution >= 0.6 is 11.6 Å². The molecule has 0 amide bonds. The molecule has 38 heavy (non-hydrogen) atoms. The van der Waals surface area contributed by atoms with E-state index >= 15 is 0 Å². The number of hydrogen-bond acceptors (Lipinski definition) is 10. The average Bonchev–Trinajstić information content (AvgIpc) is 3.31. The van der Waals surface area contributed by atoms with Gasteiger partial charge in [-0.15, -0.1) is 10.2 Å². The van der Waals surface area contributed by atoms with Gasteiger partial charge in [0, 0.05) is 37.5 Å². The predicted octanol–water partition coefficient (Wildman–Crippen LogP) is 3.79. The smallest absolute Gasteiger partial charge is 0.170 e. The second kappa shape index (κ2) is 11.4. The molecule has 0 aliphatic carbocycles. The van der Waals surface area contributed by atoms with Crippen LogP contribution in [0.1, 0.15) is 30.2 Å². The molecule has 1 aromatic carbocycles. The van der Waals surface area contributed by atoms with Crippen molar-refractivity contribution in [3.05, 3.63) is 71.3 Å². The molecule has 0 bridgehead atoms. The second-order valence-corrected chi connectivity index (χ2v) is 11.3. The van der Waals surface area contributed by atoms with Gasteiger partial charge in [-0.1, -0.05) is 17.7 Å². The van der Waals surface area contributed by atoms with E-state index in [0.717, 1.165) is 5.56 Å². The normalized spacial score (nSPS) is 13.2. The summed E-state index contributed by atoms with van der Waals surface area (Å²) in [7, 11) is 0.551. The Morgan fingerprint density at radius 2 is 1.66 bits per heavy atom. The number of ether oxygens (including phenoxy) is 3. The summed E-state index contributed by atoms with van der Waals surface area (Å²) in [5, 5.41) is 7.95. The van der Waals surface area contributed by atoms with Crippen LogP contribution in [-0.4, -0.2) is 64.7 Å². The molecule has 0 saturated carbocycles. The summed E-state index contributed by atoms with van der Waals surface area (Å²) >= 11 is 5.90. The highest BCUT2D eigenvalue weighted by Crippen LogP contribution is 2.37. The lowest BCUT2D eigenvalue weighted by atomic mass is 10.2. The number of aromatic nitrogens is 6. The van der Waals surface area contributed by atoms with Crippen molar-refractivity contribution in [1.82, 2.24) is 29.7 Å². The summed E-state index contributed by atoms with van der Waals surface area (Å²) in [6.45, 7) is 3.44. The Balaban J connectivity index is 1.84. The number of hydrogen-bond donors (Lipinski definition) is 0. The maximum absolute atomic E-state index is 13.7. The molecule has 0 aliphatic rings. The van der Waals surface area contributed by atoms with Gasteiger partial charge in [0.25, 0.3) is 0 Å². The Labute approximate surface area is 225 Å². The molecule has 4 aromatic rings. The predicted molar refractivity (Wildman–Crippen MR) is 141 cm³/mol. The maximum Gasteiger partial charge on any atom is 0.170 e. The zero-order chi connectivity index (χ0) is 27.4. The molecule has 0 N–H and O–H groups in total. The van der Waals surface area contributed by atoms with Gasteiger partial charge in [-0.2, -0.15) is 0 Å². The van der Waals surface area contributed by atoms with E-state index in [0.29, 0.717) is 33.6 Å². The monoisotopic (exact) mass is 558 g/mol. The van der Waals surface area contributed by atoms with Crippen LogP contribution in [0.25, 0.3) is 17.1 Å². The third-order valence-corrected chi connectivity index (χ3v) is 8.20. The molecule has 0 radical (unpaired) electrons. The topological polar surface area (TPSA) is 131 Å². The van der Waals surface area contributed by atoms with Crippen molar-refractivity contribution in [2.45, 2.75) is 31.0 Å². The minimum atomic E-state index is -3.89. The Kier molecular flexibility index (Phi) is 8.24. The van der Waals surface area contributed by atoms with E-state index in [4.69, 9.17) is 25.8 Å². The van der Waals surface area contributed by atoms with Crippen molar-refractivity contribution < 1.29 is 22.6 Å². The molecule has 3 heterocycles. The number of sulfone groups is 1. The first kappa shape index (κ1) is 27.4. The summed E-state index contributed by atoms with van der Waals surface area (Å²) in [6, 6.07) is 7.15.